The van der Waals surface area contributed by atoms with E-state index in [-0.39, 0.29) is 6.42 Å². The summed E-state index contributed by atoms with van der Waals surface area (Å²) in [6.45, 7) is 1.11. The Labute approximate surface area is 193 Å². The van der Waals surface area contributed by atoms with Gasteiger partial charge in [-0.05, 0) is 31.8 Å². The highest BCUT2D eigenvalue weighted by Crippen LogP contribution is 2.05. The van der Waals surface area contributed by atoms with Crippen LogP contribution < -0.4 is 21.7 Å². The molecular formula is C18H30N4O10S. The number of carboxylic acid groups (broad SMARTS) is 3. The lowest BCUT2D eigenvalue weighted by atomic mass is 10.1. The first-order chi connectivity index (χ1) is 15.3. The van der Waals surface area contributed by atoms with Crippen LogP contribution in [0, 0.1) is 0 Å². The van der Waals surface area contributed by atoms with Crippen LogP contribution in [0.3, 0.4) is 0 Å². The third-order valence-corrected chi connectivity index (χ3v) is 4.95. The SMILES string of the molecule is CSCCC(N)C(=O)NC(CCC(=O)O)C(=O)NC(C(=O)NC(CC(=O)O)C(=O)O)C(C)O. The Bertz CT molecular complexity index is 733. The van der Waals surface area contributed by atoms with Crippen molar-refractivity contribution in [2.24, 2.45) is 5.73 Å². The van der Waals surface area contributed by atoms with Crippen LogP contribution in [0.15, 0.2) is 0 Å². The zero-order valence-electron chi connectivity index (χ0n) is 18.1. The number of hydrogen-bond acceptors (Lipinski definition) is 9. The second-order valence-corrected chi connectivity index (χ2v) is 8.09. The lowest BCUT2D eigenvalue weighted by Crippen LogP contribution is -2.60. The first-order valence-electron chi connectivity index (χ1n) is 9.80. The topological polar surface area (TPSA) is 245 Å². The van der Waals surface area contributed by atoms with Gasteiger partial charge in [-0.15, -0.1) is 0 Å². The van der Waals surface area contributed by atoms with Crippen molar-refractivity contribution in [3.05, 3.63) is 0 Å². The standard InChI is InChI=1S/C18H30N4O10S/c1-8(23)14(17(30)21-11(18(31)32)7-13(26)27)22-16(29)10(3-4-12(24)25)20-15(28)9(19)5-6-33-2/h8-11,14,23H,3-7,19H2,1-2H3,(H,20,28)(H,21,30)(H,22,29)(H,24,25)(H,26,27)(H,31,32). The first kappa shape index (κ1) is 30.1. The summed E-state index contributed by atoms with van der Waals surface area (Å²) in [7, 11) is 0. The normalized spacial score (nSPS) is 15.3. The Kier molecular flexibility index (Phi) is 13.7. The molecule has 5 atom stereocenters. The molecule has 0 aromatic carbocycles. The van der Waals surface area contributed by atoms with Gasteiger partial charge in [0.2, 0.25) is 17.7 Å². The van der Waals surface area contributed by atoms with E-state index in [1.807, 2.05) is 5.32 Å². The van der Waals surface area contributed by atoms with Crippen LogP contribution in [-0.2, 0) is 28.8 Å². The van der Waals surface area contributed by atoms with Gasteiger partial charge in [0, 0.05) is 6.42 Å². The van der Waals surface area contributed by atoms with E-state index in [0.29, 0.717) is 12.2 Å². The summed E-state index contributed by atoms with van der Waals surface area (Å²) in [5, 5.41) is 43.0. The zero-order chi connectivity index (χ0) is 25.7. The van der Waals surface area contributed by atoms with E-state index in [4.69, 9.17) is 21.1 Å². The van der Waals surface area contributed by atoms with E-state index < -0.39 is 78.7 Å². The fourth-order valence-electron chi connectivity index (χ4n) is 2.49. The molecule has 0 aliphatic heterocycles. The number of carbonyl (C=O) groups excluding carboxylic acids is 3. The quantitative estimate of drug-likeness (QED) is 0.109. The molecule has 33 heavy (non-hydrogen) atoms. The van der Waals surface area contributed by atoms with E-state index in [1.165, 1.54) is 11.8 Å². The van der Waals surface area contributed by atoms with Crippen LogP contribution in [0.25, 0.3) is 0 Å². The van der Waals surface area contributed by atoms with Crippen molar-refractivity contribution in [2.45, 2.75) is 62.9 Å². The molecular weight excluding hydrogens is 464 g/mol. The molecule has 0 radical (unpaired) electrons. The van der Waals surface area contributed by atoms with E-state index in [9.17, 15) is 33.9 Å². The second kappa shape index (κ2) is 15.0. The molecule has 0 spiro atoms. The molecule has 0 saturated carbocycles. The predicted molar refractivity (Wildman–Crippen MR) is 115 cm³/mol. The van der Waals surface area contributed by atoms with E-state index in [2.05, 4.69) is 10.6 Å². The van der Waals surface area contributed by atoms with Crippen LogP contribution in [0.4, 0.5) is 0 Å². The summed E-state index contributed by atoms with van der Waals surface area (Å²) in [5.41, 5.74) is 5.75. The Morgan fingerprint density at radius 1 is 0.848 bits per heavy atom. The Morgan fingerprint density at radius 2 is 1.42 bits per heavy atom. The number of hydrogen-bond donors (Lipinski definition) is 8. The Balaban J connectivity index is 5.45. The Morgan fingerprint density at radius 3 is 1.88 bits per heavy atom. The third kappa shape index (κ3) is 12.1. The van der Waals surface area contributed by atoms with Gasteiger partial charge >= 0.3 is 17.9 Å². The van der Waals surface area contributed by atoms with Crippen molar-refractivity contribution >= 4 is 47.4 Å². The summed E-state index contributed by atoms with van der Waals surface area (Å²) in [4.78, 5) is 70.2. The summed E-state index contributed by atoms with van der Waals surface area (Å²) < 4.78 is 0. The fourth-order valence-corrected chi connectivity index (χ4v) is 2.98. The number of aliphatic carboxylic acids is 3. The maximum atomic E-state index is 12.7. The van der Waals surface area contributed by atoms with E-state index in [1.54, 1.807) is 6.26 Å². The van der Waals surface area contributed by atoms with E-state index >= 15 is 0 Å². The third-order valence-electron chi connectivity index (χ3n) is 4.31. The lowest BCUT2D eigenvalue weighted by molar-refractivity contribution is -0.148. The van der Waals surface area contributed by atoms with Gasteiger partial charge in [-0.2, -0.15) is 11.8 Å². The van der Waals surface area contributed by atoms with Gasteiger partial charge < -0.3 is 42.1 Å². The minimum absolute atomic E-state index is 0.291. The first-order valence-corrected chi connectivity index (χ1v) is 11.2. The molecule has 14 nitrogen and oxygen atoms in total. The largest absolute Gasteiger partial charge is 0.481 e. The van der Waals surface area contributed by atoms with Crippen molar-refractivity contribution in [1.29, 1.82) is 0 Å². The maximum Gasteiger partial charge on any atom is 0.326 e. The van der Waals surface area contributed by atoms with Crippen LogP contribution in [0.1, 0.15) is 32.6 Å². The number of carbonyl (C=O) groups is 6. The number of aliphatic hydroxyl groups is 1. The average Bonchev–Trinajstić information content (AvgIpc) is 2.71. The van der Waals surface area contributed by atoms with Crippen molar-refractivity contribution in [2.75, 3.05) is 12.0 Å². The van der Waals surface area contributed by atoms with Gasteiger partial charge in [0.1, 0.15) is 18.1 Å². The number of nitrogens with one attached hydrogen (secondary N) is 3. The number of rotatable bonds is 16. The molecule has 0 heterocycles. The minimum Gasteiger partial charge on any atom is -0.481 e. The molecule has 0 fully saturated rings. The van der Waals surface area contributed by atoms with Crippen LogP contribution in [-0.4, -0.2) is 98.3 Å². The molecule has 0 aromatic rings. The van der Waals surface area contributed by atoms with Crippen molar-refractivity contribution in [3.63, 3.8) is 0 Å². The second-order valence-electron chi connectivity index (χ2n) is 7.11. The highest BCUT2D eigenvalue weighted by atomic mass is 32.2. The van der Waals surface area contributed by atoms with Crippen molar-refractivity contribution < 1.29 is 49.2 Å². The Hall–Kier alpha value is -2.91. The molecule has 15 heteroatoms. The average molecular weight is 495 g/mol. The molecule has 0 aromatic heterocycles. The van der Waals surface area contributed by atoms with Crippen molar-refractivity contribution in [1.82, 2.24) is 16.0 Å². The molecule has 3 amide bonds. The number of nitrogens with two attached hydrogens (primary N) is 1. The van der Waals surface area contributed by atoms with Crippen molar-refractivity contribution in [3.8, 4) is 0 Å². The zero-order valence-corrected chi connectivity index (χ0v) is 19.0. The van der Waals surface area contributed by atoms with Gasteiger partial charge in [-0.3, -0.25) is 24.0 Å². The number of carboxylic acids is 3. The highest BCUT2D eigenvalue weighted by molar-refractivity contribution is 7.98. The number of amides is 3. The lowest BCUT2D eigenvalue weighted by Gasteiger charge is -2.26. The minimum atomic E-state index is -1.83. The fraction of sp³-hybridized carbons (Fsp3) is 0.667. The summed E-state index contributed by atoms with van der Waals surface area (Å²) in [6.07, 6.45) is -1.27. The number of aliphatic hydroxyl groups excluding tert-OH is 1. The van der Waals surface area contributed by atoms with Gasteiger partial charge in [0.15, 0.2) is 0 Å². The highest BCUT2D eigenvalue weighted by Gasteiger charge is 2.33. The molecule has 0 aliphatic carbocycles. The van der Waals surface area contributed by atoms with Crippen LogP contribution >= 0.6 is 11.8 Å². The predicted octanol–water partition coefficient (Wildman–Crippen LogP) is -2.67. The monoisotopic (exact) mass is 494 g/mol. The van der Waals surface area contributed by atoms with Gasteiger partial charge in [0.05, 0.1) is 18.6 Å². The van der Waals surface area contributed by atoms with Gasteiger partial charge in [-0.1, -0.05) is 0 Å². The summed E-state index contributed by atoms with van der Waals surface area (Å²) in [6, 6.07) is -5.94. The van der Waals surface area contributed by atoms with Gasteiger partial charge in [0.25, 0.3) is 0 Å². The molecule has 0 aliphatic rings. The summed E-state index contributed by atoms with van der Waals surface area (Å²) in [5.74, 6) is -6.77. The molecule has 0 rings (SSSR count). The molecule has 0 bridgehead atoms. The molecule has 5 unspecified atom stereocenters. The van der Waals surface area contributed by atoms with Crippen LogP contribution in [0.2, 0.25) is 0 Å². The molecule has 188 valence electrons. The maximum absolute atomic E-state index is 12.7. The van der Waals surface area contributed by atoms with Crippen LogP contribution in [0.5, 0.6) is 0 Å². The van der Waals surface area contributed by atoms with E-state index in [0.717, 1.165) is 6.92 Å². The van der Waals surface area contributed by atoms with Gasteiger partial charge in [-0.25, -0.2) is 4.79 Å². The molecule has 0 saturated heterocycles. The smallest absolute Gasteiger partial charge is 0.326 e. The summed E-state index contributed by atoms with van der Waals surface area (Å²) >= 11 is 1.44. The molecule has 9 N–H and O–H groups in total. The number of thioether (sulfide) groups is 1.